The van der Waals surface area contributed by atoms with Gasteiger partial charge in [0.25, 0.3) is 5.71 Å². The van der Waals surface area contributed by atoms with Crippen molar-refractivity contribution in [2.75, 3.05) is 0 Å². The smallest absolute Gasteiger partial charge is 0.336 e. The SMILES string of the molecule is Cc1cc(C(=O)O)c2c(CC(C)(C)C)noc2n1. The monoisotopic (exact) mass is 248 g/mol. The van der Waals surface area contributed by atoms with Gasteiger partial charge in [0.1, 0.15) is 0 Å². The molecule has 2 heterocycles. The highest BCUT2D eigenvalue weighted by Gasteiger charge is 2.22. The topological polar surface area (TPSA) is 76.2 Å². The van der Waals surface area contributed by atoms with Gasteiger partial charge in [-0.3, -0.25) is 0 Å². The quantitative estimate of drug-likeness (QED) is 0.884. The number of carbonyl (C=O) groups is 1. The fourth-order valence-corrected chi connectivity index (χ4v) is 1.93. The lowest BCUT2D eigenvalue weighted by Gasteiger charge is -2.15. The summed E-state index contributed by atoms with van der Waals surface area (Å²) in [5.74, 6) is -0.983. The lowest BCUT2D eigenvalue weighted by Crippen LogP contribution is -2.10. The first-order valence-corrected chi connectivity index (χ1v) is 5.77. The number of hydrogen-bond acceptors (Lipinski definition) is 4. The molecule has 2 aromatic heterocycles. The van der Waals surface area contributed by atoms with Gasteiger partial charge in [-0.25, -0.2) is 9.78 Å². The van der Waals surface area contributed by atoms with E-state index in [9.17, 15) is 9.90 Å². The summed E-state index contributed by atoms with van der Waals surface area (Å²) in [4.78, 5) is 15.5. The molecule has 0 fully saturated rings. The van der Waals surface area contributed by atoms with Crippen molar-refractivity contribution >= 4 is 17.1 Å². The van der Waals surface area contributed by atoms with Gasteiger partial charge in [0, 0.05) is 5.69 Å². The third kappa shape index (κ3) is 2.34. The molecule has 96 valence electrons. The van der Waals surface area contributed by atoms with Crippen LogP contribution in [-0.2, 0) is 6.42 Å². The number of fused-ring (bicyclic) bond motifs is 1. The maximum atomic E-state index is 11.3. The van der Waals surface area contributed by atoms with E-state index in [4.69, 9.17) is 4.52 Å². The molecule has 1 N–H and O–H groups in total. The molecule has 0 unspecified atom stereocenters. The second kappa shape index (κ2) is 4.08. The van der Waals surface area contributed by atoms with Gasteiger partial charge in [0.2, 0.25) is 0 Å². The zero-order valence-corrected chi connectivity index (χ0v) is 10.9. The van der Waals surface area contributed by atoms with Crippen LogP contribution in [0.4, 0.5) is 0 Å². The largest absolute Gasteiger partial charge is 0.478 e. The summed E-state index contributed by atoms with van der Waals surface area (Å²) >= 11 is 0. The minimum absolute atomic E-state index is 0.00443. The second-order valence-corrected chi connectivity index (χ2v) is 5.66. The van der Waals surface area contributed by atoms with E-state index in [0.29, 0.717) is 28.9 Å². The van der Waals surface area contributed by atoms with Crippen LogP contribution in [0.2, 0.25) is 0 Å². The molecule has 2 rings (SSSR count). The third-order valence-corrected chi connectivity index (χ3v) is 2.57. The normalized spacial score (nSPS) is 12.0. The van der Waals surface area contributed by atoms with Crippen LogP contribution < -0.4 is 0 Å². The van der Waals surface area contributed by atoms with Crippen LogP contribution in [0.15, 0.2) is 10.6 Å². The first-order valence-electron chi connectivity index (χ1n) is 5.77. The van der Waals surface area contributed by atoms with Crippen LogP contribution in [0.1, 0.15) is 42.5 Å². The summed E-state index contributed by atoms with van der Waals surface area (Å²) in [7, 11) is 0. The average Bonchev–Trinajstić information content (AvgIpc) is 2.57. The Morgan fingerprint density at radius 2 is 2.11 bits per heavy atom. The van der Waals surface area contributed by atoms with Crippen LogP contribution in [0.3, 0.4) is 0 Å². The van der Waals surface area contributed by atoms with Crippen molar-refractivity contribution < 1.29 is 14.4 Å². The molecule has 0 amide bonds. The van der Waals surface area contributed by atoms with Crippen molar-refractivity contribution in [2.45, 2.75) is 34.1 Å². The molecule has 0 bridgehead atoms. The highest BCUT2D eigenvalue weighted by molar-refractivity contribution is 6.02. The zero-order valence-electron chi connectivity index (χ0n) is 10.9. The highest BCUT2D eigenvalue weighted by Crippen LogP contribution is 2.28. The van der Waals surface area contributed by atoms with E-state index < -0.39 is 5.97 Å². The second-order valence-electron chi connectivity index (χ2n) is 5.66. The fraction of sp³-hybridized carbons (Fsp3) is 0.462. The standard InChI is InChI=1S/C13H16N2O3/c1-7-5-8(12(16)17)10-9(6-13(2,3)4)15-18-11(10)14-7/h5H,6H2,1-4H3,(H,16,17). The van der Waals surface area contributed by atoms with Crippen molar-refractivity contribution in [1.29, 1.82) is 0 Å². The van der Waals surface area contributed by atoms with Gasteiger partial charge in [-0.2, -0.15) is 0 Å². The number of carboxylic acids is 1. The Balaban J connectivity index is 2.67. The van der Waals surface area contributed by atoms with Crippen LogP contribution >= 0.6 is 0 Å². The van der Waals surface area contributed by atoms with Crippen molar-refractivity contribution in [3.8, 4) is 0 Å². The molecule has 5 heteroatoms. The molecule has 0 aliphatic heterocycles. The van der Waals surface area contributed by atoms with Crippen molar-refractivity contribution in [1.82, 2.24) is 10.1 Å². The first-order chi connectivity index (χ1) is 8.28. The Morgan fingerprint density at radius 3 is 2.67 bits per heavy atom. The van der Waals surface area contributed by atoms with Crippen LogP contribution in [0, 0.1) is 12.3 Å². The van der Waals surface area contributed by atoms with Crippen molar-refractivity contribution in [3.05, 3.63) is 23.0 Å². The van der Waals surface area contributed by atoms with Crippen LogP contribution in [-0.4, -0.2) is 21.2 Å². The summed E-state index contributed by atoms with van der Waals surface area (Å²) < 4.78 is 5.14. The minimum atomic E-state index is -0.983. The number of pyridine rings is 1. The van der Waals surface area contributed by atoms with Gasteiger partial charge >= 0.3 is 5.97 Å². The zero-order chi connectivity index (χ0) is 13.5. The molecule has 0 aliphatic carbocycles. The van der Waals surface area contributed by atoms with E-state index in [0.717, 1.165) is 0 Å². The number of nitrogens with zero attached hydrogens (tertiary/aromatic N) is 2. The number of aryl methyl sites for hydroxylation is 1. The Hall–Kier alpha value is -1.91. The fourth-order valence-electron chi connectivity index (χ4n) is 1.93. The van der Waals surface area contributed by atoms with E-state index in [1.54, 1.807) is 13.0 Å². The van der Waals surface area contributed by atoms with E-state index in [2.05, 4.69) is 30.9 Å². The summed E-state index contributed by atoms with van der Waals surface area (Å²) in [5.41, 5.74) is 1.77. The summed E-state index contributed by atoms with van der Waals surface area (Å²) in [6, 6.07) is 1.55. The predicted molar refractivity (Wildman–Crippen MR) is 66.7 cm³/mol. The van der Waals surface area contributed by atoms with Crippen molar-refractivity contribution in [3.63, 3.8) is 0 Å². The maximum absolute atomic E-state index is 11.3. The number of aromatic nitrogens is 2. The van der Waals surface area contributed by atoms with E-state index >= 15 is 0 Å². The number of hydrogen-bond donors (Lipinski definition) is 1. The lowest BCUT2D eigenvalue weighted by molar-refractivity contribution is 0.0698. The Labute approximate surface area is 105 Å². The molecule has 0 saturated carbocycles. The minimum Gasteiger partial charge on any atom is -0.478 e. The predicted octanol–water partition coefficient (Wildman–Crippen LogP) is 2.82. The van der Waals surface area contributed by atoms with Gasteiger partial charge < -0.3 is 9.63 Å². The molecule has 18 heavy (non-hydrogen) atoms. The summed E-state index contributed by atoms with van der Waals surface area (Å²) in [5, 5.41) is 13.7. The van der Waals surface area contributed by atoms with E-state index in [-0.39, 0.29) is 11.0 Å². The maximum Gasteiger partial charge on any atom is 0.336 e. The molecule has 0 aliphatic rings. The molecule has 0 atom stereocenters. The van der Waals surface area contributed by atoms with Gasteiger partial charge in [0.15, 0.2) is 0 Å². The average molecular weight is 248 g/mol. The summed E-state index contributed by atoms with van der Waals surface area (Å²) in [6.45, 7) is 7.93. The Morgan fingerprint density at radius 1 is 1.44 bits per heavy atom. The molecule has 0 saturated heterocycles. The molecule has 0 radical (unpaired) electrons. The van der Waals surface area contributed by atoms with Crippen LogP contribution in [0.25, 0.3) is 11.1 Å². The van der Waals surface area contributed by atoms with E-state index in [1.165, 1.54) is 0 Å². The Kier molecular flexibility index (Phi) is 2.84. The molecule has 2 aromatic rings. The van der Waals surface area contributed by atoms with Gasteiger partial charge in [-0.1, -0.05) is 25.9 Å². The highest BCUT2D eigenvalue weighted by atomic mass is 16.5. The molecule has 5 nitrogen and oxygen atoms in total. The van der Waals surface area contributed by atoms with Crippen LogP contribution in [0.5, 0.6) is 0 Å². The van der Waals surface area contributed by atoms with Gasteiger partial charge in [0.05, 0.1) is 16.6 Å². The van der Waals surface area contributed by atoms with E-state index in [1.807, 2.05) is 0 Å². The van der Waals surface area contributed by atoms with Gasteiger partial charge in [-0.15, -0.1) is 0 Å². The number of carboxylic acid groups (broad SMARTS) is 1. The summed E-state index contributed by atoms with van der Waals surface area (Å²) in [6.07, 6.45) is 0.644. The molecule has 0 spiro atoms. The Bertz CT molecular complexity index is 608. The van der Waals surface area contributed by atoms with Crippen molar-refractivity contribution in [2.24, 2.45) is 5.41 Å². The number of rotatable bonds is 2. The lowest BCUT2D eigenvalue weighted by atomic mass is 9.89. The molecular formula is C13H16N2O3. The third-order valence-electron chi connectivity index (χ3n) is 2.57. The van der Waals surface area contributed by atoms with Gasteiger partial charge in [-0.05, 0) is 24.8 Å². The molecular weight excluding hydrogens is 232 g/mol. The first kappa shape index (κ1) is 12.5. The number of aromatic carboxylic acids is 1. The molecule has 0 aromatic carbocycles.